The molecule has 1 aliphatic rings. The van der Waals surface area contributed by atoms with Crippen LogP contribution in [-0.2, 0) is 14.3 Å². The lowest BCUT2D eigenvalue weighted by Crippen LogP contribution is -2.60. The van der Waals surface area contributed by atoms with E-state index >= 15 is 0 Å². The summed E-state index contributed by atoms with van der Waals surface area (Å²) in [5.41, 5.74) is 0. The molecule has 1 saturated heterocycles. The van der Waals surface area contributed by atoms with Crippen LogP contribution < -0.4 is 5.32 Å². The molecule has 8 atom stereocenters. The van der Waals surface area contributed by atoms with Gasteiger partial charge in [-0.15, -0.1) is 0 Å². The van der Waals surface area contributed by atoms with E-state index < -0.39 is 61.5 Å². The molecular weight excluding hydrogens is 686 g/mol. The maximum atomic E-state index is 13.0. The van der Waals surface area contributed by atoms with Gasteiger partial charge in [0, 0.05) is 0 Å². The Labute approximate surface area is 329 Å². The molecule has 1 aliphatic heterocycles. The van der Waals surface area contributed by atoms with Crippen molar-refractivity contribution in [3.63, 3.8) is 0 Å². The standard InChI is InChI=1S/C44H83NO9/c1-3-5-7-9-11-13-15-17-19-21-22-24-26-28-30-32-37(47)36(35-53-44-42(51)41(50)40(49)39(34-46)54-44)45-43(52)38(48)33-31-29-27-25-23-20-18-16-14-12-10-8-6-4-2/h22,24,30,32,36-42,44,46-51H,3-21,23,25-29,31,33-35H2,1-2H3,(H,45,52)/b24-22+,32-30+. The fourth-order valence-electron chi connectivity index (χ4n) is 6.94. The molecule has 0 aromatic rings. The van der Waals surface area contributed by atoms with E-state index in [-0.39, 0.29) is 6.61 Å². The van der Waals surface area contributed by atoms with Gasteiger partial charge in [-0.1, -0.05) is 179 Å². The Kier molecular flexibility index (Phi) is 32.7. The van der Waals surface area contributed by atoms with Gasteiger partial charge in [-0.25, -0.2) is 0 Å². The predicted molar refractivity (Wildman–Crippen MR) is 218 cm³/mol. The monoisotopic (exact) mass is 770 g/mol. The minimum absolute atomic E-state index is 0.307. The van der Waals surface area contributed by atoms with Gasteiger partial charge in [-0.3, -0.25) is 4.79 Å². The van der Waals surface area contributed by atoms with Crippen LogP contribution in [0.15, 0.2) is 24.3 Å². The quantitative estimate of drug-likeness (QED) is 0.0250. The van der Waals surface area contributed by atoms with Gasteiger partial charge in [0.15, 0.2) is 6.29 Å². The fraction of sp³-hybridized carbons (Fsp3) is 0.886. The van der Waals surface area contributed by atoms with Gasteiger partial charge in [0.2, 0.25) is 5.91 Å². The third-order valence-electron chi connectivity index (χ3n) is 10.6. The molecule has 0 aromatic heterocycles. The van der Waals surface area contributed by atoms with E-state index in [1.54, 1.807) is 6.08 Å². The lowest BCUT2D eigenvalue weighted by Gasteiger charge is -2.40. The molecule has 1 amide bonds. The van der Waals surface area contributed by atoms with Crippen LogP contribution in [0.25, 0.3) is 0 Å². The molecule has 0 radical (unpaired) electrons. The van der Waals surface area contributed by atoms with Crippen LogP contribution in [0.4, 0.5) is 0 Å². The van der Waals surface area contributed by atoms with Crippen LogP contribution in [0.2, 0.25) is 0 Å². The molecule has 0 aliphatic carbocycles. The van der Waals surface area contributed by atoms with Gasteiger partial charge in [0.1, 0.15) is 30.5 Å². The normalized spacial score (nSPS) is 22.3. The highest BCUT2D eigenvalue weighted by atomic mass is 16.7. The largest absolute Gasteiger partial charge is 0.394 e. The number of allylic oxidation sites excluding steroid dienone is 3. The minimum atomic E-state index is -1.61. The summed E-state index contributed by atoms with van der Waals surface area (Å²) >= 11 is 0. The lowest BCUT2D eigenvalue weighted by atomic mass is 9.99. The van der Waals surface area contributed by atoms with Gasteiger partial charge in [0.25, 0.3) is 0 Å². The van der Waals surface area contributed by atoms with E-state index in [4.69, 9.17) is 9.47 Å². The molecule has 10 heteroatoms. The Morgan fingerprint density at radius 2 is 1.09 bits per heavy atom. The SMILES string of the molecule is CCCCCCCCCCC/C=C/CC/C=C/C(O)C(COC1OC(CO)C(O)C(O)C1O)NC(=O)C(O)CCCCCCCCCCCCCCCC. The maximum absolute atomic E-state index is 13.0. The number of amides is 1. The van der Waals surface area contributed by atoms with Crippen LogP contribution in [0, 0.1) is 0 Å². The van der Waals surface area contributed by atoms with Crippen LogP contribution in [0.1, 0.15) is 187 Å². The molecule has 1 fully saturated rings. The van der Waals surface area contributed by atoms with Crippen molar-refractivity contribution in [3.05, 3.63) is 24.3 Å². The molecule has 8 unspecified atom stereocenters. The summed E-state index contributed by atoms with van der Waals surface area (Å²) in [4.78, 5) is 13.0. The molecule has 1 rings (SSSR count). The number of ether oxygens (including phenoxy) is 2. The topological polar surface area (TPSA) is 169 Å². The number of carbonyl (C=O) groups is 1. The van der Waals surface area contributed by atoms with Crippen molar-refractivity contribution in [3.8, 4) is 0 Å². The van der Waals surface area contributed by atoms with E-state index in [1.165, 1.54) is 122 Å². The number of aliphatic hydroxyl groups is 6. The third kappa shape index (κ3) is 25.0. The third-order valence-corrected chi connectivity index (χ3v) is 10.6. The molecule has 0 spiro atoms. The Morgan fingerprint density at radius 3 is 1.61 bits per heavy atom. The Morgan fingerprint density at radius 1 is 0.630 bits per heavy atom. The summed E-state index contributed by atoms with van der Waals surface area (Å²) in [5.74, 6) is -0.626. The fourth-order valence-corrected chi connectivity index (χ4v) is 6.94. The Hall–Kier alpha value is -1.37. The zero-order valence-corrected chi connectivity index (χ0v) is 34.3. The second-order valence-corrected chi connectivity index (χ2v) is 15.6. The number of carbonyl (C=O) groups excluding carboxylic acids is 1. The molecule has 7 N–H and O–H groups in total. The van der Waals surface area contributed by atoms with Crippen molar-refractivity contribution in [2.24, 2.45) is 0 Å². The van der Waals surface area contributed by atoms with Gasteiger partial charge in [-0.05, 0) is 32.1 Å². The first-order valence-electron chi connectivity index (χ1n) is 22.2. The number of hydrogen-bond acceptors (Lipinski definition) is 9. The molecule has 0 saturated carbocycles. The predicted octanol–water partition coefficient (Wildman–Crippen LogP) is 7.69. The summed E-state index contributed by atoms with van der Waals surface area (Å²) in [7, 11) is 0. The van der Waals surface area contributed by atoms with Gasteiger partial charge >= 0.3 is 0 Å². The van der Waals surface area contributed by atoms with Crippen molar-refractivity contribution in [1.82, 2.24) is 5.32 Å². The van der Waals surface area contributed by atoms with Gasteiger partial charge < -0.3 is 45.4 Å². The summed E-state index contributed by atoms with van der Waals surface area (Å²) in [6.45, 7) is 3.58. The number of nitrogens with one attached hydrogen (secondary N) is 1. The number of aliphatic hydroxyl groups excluding tert-OH is 6. The smallest absolute Gasteiger partial charge is 0.249 e. The van der Waals surface area contributed by atoms with Crippen LogP contribution in [-0.4, -0.2) is 98.7 Å². The molecule has 318 valence electrons. The summed E-state index contributed by atoms with van der Waals surface area (Å²) in [6, 6.07) is -0.991. The second-order valence-electron chi connectivity index (χ2n) is 15.6. The minimum Gasteiger partial charge on any atom is -0.394 e. The van der Waals surface area contributed by atoms with Crippen molar-refractivity contribution >= 4 is 5.91 Å². The summed E-state index contributed by atoms with van der Waals surface area (Å²) in [6.07, 6.45) is 29.8. The molecule has 0 bridgehead atoms. The van der Waals surface area contributed by atoms with Crippen molar-refractivity contribution in [2.75, 3.05) is 13.2 Å². The zero-order valence-electron chi connectivity index (χ0n) is 34.3. The zero-order chi connectivity index (χ0) is 39.7. The van der Waals surface area contributed by atoms with Crippen LogP contribution in [0.3, 0.4) is 0 Å². The average Bonchev–Trinajstić information content (AvgIpc) is 3.17. The van der Waals surface area contributed by atoms with E-state index in [2.05, 4.69) is 31.3 Å². The van der Waals surface area contributed by atoms with Crippen molar-refractivity contribution < 1.29 is 44.9 Å². The first kappa shape index (κ1) is 50.6. The Balaban J connectivity index is 2.47. The maximum Gasteiger partial charge on any atom is 0.249 e. The van der Waals surface area contributed by atoms with Crippen LogP contribution >= 0.6 is 0 Å². The van der Waals surface area contributed by atoms with Crippen LogP contribution in [0.5, 0.6) is 0 Å². The first-order chi connectivity index (χ1) is 26.3. The number of rotatable bonds is 36. The van der Waals surface area contributed by atoms with Crippen molar-refractivity contribution in [2.45, 2.75) is 236 Å². The molecule has 0 aromatic carbocycles. The van der Waals surface area contributed by atoms with E-state index in [0.717, 1.165) is 32.1 Å². The van der Waals surface area contributed by atoms with Crippen molar-refractivity contribution in [1.29, 1.82) is 0 Å². The summed E-state index contributed by atoms with van der Waals surface area (Å²) in [5, 5.41) is 64.5. The molecule has 10 nitrogen and oxygen atoms in total. The highest BCUT2D eigenvalue weighted by Crippen LogP contribution is 2.22. The van der Waals surface area contributed by atoms with E-state index in [0.29, 0.717) is 19.3 Å². The first-order valence-corrected chi connectivity index (χ1v) is 22.2. The van der Waals surface area contributed by atoms with E-state index in [1.807, 2.05) is 6.08 Å². The average molecular weight is 770 g/mol. The number of hydrogen-bond donors (Lipinski definition) is 7. The number of unbranched alkanes of at least 4 members (excludes halogenated alkanes) is 23. The van der Waals surface area contributed by atoms with E-state index in [9.17, 15) is 35.4 Å². The molecular formula is C44H83NO9. The van der Waals surface area contributed by atoms with Gasteiger partial charge in [-0.2, -0.15) is 0 Å². The lowest BCUT2D eigenvalue weighted by molar-refractivity contribution is -0.302. The summed E-state index contributed by atoms with van der Waals surface area (Å²) < 4.78 is 11.1. The molecule has 1 heterocycles. The van der Waals surface area contributed by atoms with Gasteiger partial charge in [0.05, 0.1) is 25.4 Å². The highest BCUT2D eigenvalue weighted by molar-refractivity contribution is 5.80. The Bertz CT molecular complexity index is 916. The highest BCUT2D eigenvalue weighted by Gasteiger charge is 2.44. The second kappa shape index (κ2) is 34.8. The molecule has 54 heavy (non-hydrogen) atoms.